The van der Waals surface area contributed by atoms with Crippen molar-refractivity contribution in [2.45, 2.75) is 51.5 Å². The Balaban J connectivity index is 1.86. The van der Waals surface area contributed by atoms with Crippen molar-refractivity contribution in [1.29, 1.82) is 0 Å². The number of fused-ring (bicyclic) bond motifs is 1. The van der Waals surface area contributed by atoms with Gasteiger partial charge >= 0.3 is 0 Å². The molecule has 0 radical (unpaired) electrons. The topological polar surface area (TPSA) is 38.9 Å². The fourth-order valence-corrected chi connectivity index (χ4v) is 3.29. The minimum Gasteiger partial charge on any atom is -0.325 e. The van der Waals surface area contributed by atoms with Crippen molar-refractivity contribution >= 4 is 10.9 Å². The Bertz CT molecular complexity index is 600. The lowest BCUT2D eigenvalue weighted by molar-refractivity contribution is 0.165. The van der Waals surface area contributed by atoms with Crippen molar-refractivity contribution in [2.24, 2.45) is 11.1 Å². The number of rotatable bonds is 2. The summed E-state index contributed by atoms with van der Waals surface area (Å²) in [5.41, 5.74) is 9.52. The molecule has 0 bridgehead atoms. The van der Waals surface area contributed by atoms with E-state index in [1.54, 1.807) is 0 Å². The summed E-state index contributed by atoms with van der Waals surface area (Å²) in [6, 6.07) is 10.5. The van der Waals surface area contributed by atoms with Crippen molar-refractivity contribution in [3.63, 3.8) is 0 Å². The summed E-state index contributed by atoms with van der Waals surface area (Å²) in [7, 11) is 0. The van der Waals surface area contributed by atoms with Gasteiger partial charge in [-0.05, 0) is 55.2 Å². The predicted molar refractivity (Wildman–Crippen MR) is 84.6 cm³/mol. The number of hydrogen-bond acceptors (Lipinski definition) is 2. The molecule has 0 saturated heterocycles. The van der Waals surface area contributed by atoms with Crippen LogP contribution < -0.4 is 5.73 Å². The first-order valence-electron chi connectivity index (χ1n) is 7.59. The molecule has 1 fully saturated rings. The third-order valence-corrected chi connectivity index (χ3v) is 4.88. The minimum absolute atomic E-state index is 0.0420. The van der Waals surface area contributed by atoms with Crippen molar-refractivity contribution in [3.05, 3.63) is 42.1 Å². The van der Waals surface area contributed by atoms with Crippen LogP contribution in [-0.2, 0) is 6.42 Å². The highest BCUT2D eigenvalue weighted by Crippen LogP contribution is 2.40. The first kappa shape index (κ1) is 13.6. The molecule has 1 aromatic heterocycles. The van der Waals surface area contributed by atoms with Crippen LogP contribution in [0.4, 0.5) is 0 Å². The van der Waals surface area contributed by atoms with Crippen molar-refractivity contribution < 1.29 is 0 Å². The largest absolute Gasteiger partial charge is 0.325 e. The number of para-hydroxylation sites is 1. The van der Waals surface area contributed by atoms with Crippen LogP contribution in [0.1, 0.15) is 45.1 Å². The van der Waals surface area contributed by atoms with Crippen LogP contribution in [-0.4, -0.2) is 10.5 Å². The first-order valence-corrected chi connectivity index (χ1v) is 7.59. The quantitative estimate of drug-likeness (QED) is 0.891. The van der Waals surface area contributed by atoms with Gasteiger partial charge in [0, 0.05) is 17.1 Å². The molecule has 1 saturated carbocycles. The zero-order valence-corrected chi connectivity index (χ0v) is 12.5. The lowest BCUT2D eigenvalue weighted by Gasteiger charge is -2.41. The molecule has 2 heteroatoms. The molecule has 1 aromatic carbocycles. The van der Waals surface area contributed by atoms with Gasteiger partial charge in [0.25, 0.3) is 0 Å². The van der Waals surface area contributed by atoms with Gasteiger partial charge in [0.2, 0.25) is 0 Å². The summed E-state index contributed by atoms with van der Waals surface area (Å²) in [4.78, 5) is 4.44. The number of benzene rings is 1. The van der Waals surface area contributed by atoms with E-state index in [0.29, 0.717) is 5.41 Å². The van der Waals surface area contributed by atoms with Crippen LogP contribution in [0.3, 0.4) is 0 Å². The molecule has 3 rings (SSSR count). The standard InChI is InChI=1S/C18H24N2/c1-17(2)8-10-18(19,11-9-17)13-14-7-12-20-16-6-4-3-5-15(14)16/h3-7,12H,8-11,13,19H2,1-2H3. The summed E-state index contributed by atoms with van der Waals surface area (Å²) in [5.74, 6) is 0. The number of aromatic nitrogens is 1. The molecule has 2 nitrogen and oxygen atoms in total. The van der Waals surface area contributed by atoms with Gasteiger partial charge in [-0.1, -0.05) is 32.0 Å². The second kappa shape index (κ2) is 4.85. The Labute approximate surface area is 121 Å². The maximum atomic E-state index is 6.68. The molecule has 0 atom stereocenters. The fraction of sp³-hybridized carbons (Fsp3) is 0.500. The average molecular weight is 268 g/mol. The maximum Gasteiger partial charge on any atom is 0.0704 e. The number of nitrogens with two attached hydrogens (primary N) is 1. The summed E-state index contributed by atoms with van der Waals surface area (Å²) < 4.78 is 0. The van der Waals surface area contributed by atoms with Gasteiger partial charge in [-0.15, -0.1) is 0 Å². The van der Waals surface area contributed by atoms with Crippen LogP contribution >= 0.6 is 0 Å². The minimum atomic E-state index is -0.0420. The predicted octanol–water partition coefficient (Wildman–Crippen LogP) is 4.08. The van der Waals surface area contributed by atoms with Gasteiger partial charge in [0.05, 0.1) is 5.52 Å². The molecule has 20 heavy (non-hydrogen) atoms. The Morgan fingerprint density at radius 1 is 1.05 bits per heavy atom. The van der Waals surface area contributed by atoms with Crippen LogP contribution in [0.15, 0.2) is 36.5 Å². The first-order chi connectivity index (χ1) is 9.48. The SMILES string of the molecule is CC1(C)CCC(N)(Cc2ccnc3ccccc23)CC1. The van der Waals surface area contributed by atoms with Crippen LogP contribution in [0.25, 0.3) is 10.9 Å². The van der Waals surface area contributed by atoms with Gasteiger partial charge in [-0.2, -0.15) is 0 Å². The lowest BCUT2D eigenvalue weighted by Crippen LogP contribution is -2.46. The number of pyridine rings is 1. The molecule has 2 N–H and O–H groups in total. The number of hydrogen-bond donors (Lipinski definition) is 1. The van der Waals surface area contributed by atoms with E-state index < -0.39 is 0 Å². The van der Waals surface area contributed by atoms with E-state index >= 15 is 0 Å². The lowest BCUT2D eigenvalue weighted by atomic mass is 9.68. The second-order valence-corrected chi connectivity index (χ2v) is 7.19. The van der Waals surface area contributed by atoms with E-state index in [1.807, 2.05) is 12.3 Å². The zero-order chi connectivity index (χ0) is 14.2. The van der Waals surface area contributed by atoms with Gasteiger partial charge in [-0.3, -0.25) is 4.98 Å². The van der Waals surface area contributed by atoms with Gasteiger partial charge in [0.1, 0.15) is 0 Å². The van der Waals surface area contributed by atoms with Gasteiger partial charge < -0.3 is 5.73 Å². The van der Waals surface area contributed by atoms with Crippen molar-refractivity contribution in [1.82, 2.24) is 4.98 Å². The molecular weight excluding hydrogens is 244 g/mol. The molecule has 0 amide bonds. The van der Waals surface area contributed by atoms with E-state index in [-0.39, 0.29) is 5.54 Å². The summed E-state index contributed by atoms with van der Waals surface area (Å²) in [5, 5.41) is 1.25. The average Bonchev–Trinajstić information content (AvgIpc) is 2.43. The highest BCUT2D eigenvalue weighted by molar-refractivity contribution is 5.81. The summed E-state index contributed by atoms with van der Waals surface area (Å²) in [6.07, 6.45) is 7.58. The fourth-order valence-electron chi connectivity index (χ4n) is 3.29. The van der Waals surface area contributed by atoms with Crippen molar-refractivity contribution in [2.75, 3.05) is 0 Å². The molecule has 0 spiro atoms. The van der Waals surface area contributed by atoms with E-state index in [4.69, 9.17) is 5.73 Å². The highest BCUT2D eigenvalue weighted by atomic mass is 14.8. The summed E-state index contributed by atoms with van der Waals surface area (Å²) >= 11 is 0. The monoisotopic (exact) mass is 268 g/mol. The Morgan fingerprint density at radius 3 is 2.50 bits per heavy atom. The van der Waals surface area contributed by atoms with Gasteiger partial charge in [-0.25, -0.2) is 0 Å². The molecule has 0 aliphatic heterocycles. The van der Waals surface area contributed by atoms with Crippen LogP contribution in [0.2, 0.25) is 0 Å². The molecule has 106 valence electrons. The van der Waals surface area contributed by atoms with E-state index in [0.717, 1.165) is 24.8 Å². The van der Waals surface area contributed by atoms with Crippen LogP contribution in [0, 0.1) is 5.41 Å². The van der Waals surface area contributed by atoms with E-state index in [9.17, 15) is 0 Å². The van der Waals surface area contributed by atoms with Crippen molar-refractivity contribution in [3.8, 4) is 0 Å². The van der Waals surface area contributed by atoms with E-state index in [1.165, 1.54) is 23.8 Å². The molecule has 0 unspecified atom stereocenters. The highest BCUT2D eigenvalue weighted by Gasteiger charge is 2.35. The normalized spacial score (nSPS) is 20.9. The number of nitrogens with zero attached hydrogens (tertiary/aromatic N) is 1. The molecule has 1 aliphatic carbocycles. The summed E-state index contributed by atoms with van der Waals surface area (Å²) in [6.45, 7) is 4.71. The molecule has 1 heterocycles. The Hall–Kier alpha value is -1.41. The van der Waals surface area contributed by atoms with E-state index in [2.05, 4.69) is 43.1 Å². The Morgan fingerprint density at radius 2 is 1.75 bits per heavy atom. The molecule has 2 aromatic rings. The second-order valence-electron chi connectivity index (χ2n) is 7.19. The smallest absolute Gasteiger partial charge is 0.0704 e. The van der Waals surface area contributed by atoms with Crippen LogP contribution in [0.5, 0.6) is 0 Å². The molecular formula is C18H24N2. The van der Waals surface area contributed by atoms with Gasteiger partial charge in [0.15, 0.2) is 0 Å². The Kier molecular flexibility index (Phi) is 3.29. The maximum absolute atomic E-state index is 6.68. The third-order valence-electron chi connectivity index (χ3n) is 4.88. The third kappa shape index (κ3) is 2.71. The zero-order valence-electron chi connectivity index (χ0n) is 12.5. The molecule has 1 aliphatic rings.